The summed E-state index contributed by atoms with van der Waals surface area (Å²) < 4.78 is 46.6. The first kappa shape index (κ1) is 31.9. The zero-order valence-electron chi connectivity index (χ0n) is 24.0. The third-order valence-electron chi connectivity index (χ3n) is 5.47. The number of ether oxygens (including phenoxy) is 3. The molecule has 0 spiro atoms. The van der Waals surface area contributed by atoms with Gasteiger partial charge in [0.05, 0.1) is 18.6 Å². The average Bonchev–Trinajstić information content (AvgIpc) is 2.93. The van der Waals surface area contributed by atoms with Crippen LogP contribution in [0.25, 0.3) is 11.6 Å². The molecule has 2 heterocycles. The summed E-state index contributed by atoms with van der Waals surface area (Å²) in [7, 11) is -2.66. The number of methoxy groups -OCH3 is 1. The maximum Gasteiger partial charge on any atom is 1.00 e. The molecule has 0 atom stereocenters. The van der Waals surface area contributed by atoms with Crippen molar-refractivity contribution in [2.75, 3.05) is 25.0 Å². The third kappa shape index (κ3) is 7.75. The first-order chi connectivity index (χ1) is 18.6. The van der Waals surface area contributed by atoms with Crippen LogP contribution in [0.5, 0.6) is 23.1 Å². The van der Waals surface area contributed by atoms with E-state index in [4.69, 9.17) is 14.2 Å². The minimum absolute atomic E-state index is 0. The number of aliphatic hydroxyl groups excluding tert-OH is 1. The molecule has 4 aromatic rings. The van der Waals surface area contributed by atoms with Gasteiger partial charge in [0.2, 0.25) is 11.6 Å². The zero-order valence-corrected chi connectivity index (χ0v) is 26.9. The first-order valence-corrected chi connectivity index (χ1v) is 13.5. The van der Waals surface area contributed by atoms with Crippen molar-refractivity contribution in [1.29, 1.82) is 0 Å². The minimum atomic E-state index is -4.14. The van der Waals surface area contributed by atoms with E-state index in [0.29, 0.717) is 5.75 Å². The Morgan fingerprint density at radius 3 is 2.17 bits per heavy atom. The van der Waals surface area contributed by atoms with Crippen LogP contribution in [0.3, 0.4) is 0 Å². The number of para-hydroxylation sites is 2. The maximum absolute atomic E-state index is 13.5. The number of rotatable bonds is 10. The Balaban J connectivity index is 0.00000294. The van der Waals surface area contributed by atoms with Crippen LogP contribution in [0.4, 0.5) is 5.82 Å². The molecule has 0 unspecified atom stereocenters. The molecule has 0 amide bonds. The number of sulfonamides is 1. The van der Waals surface area contributed by atoms with E-state index >= 15 is 0 Å². The van der Waals surface area contributed by atoms with Gasteiger partial charge >= 0.3 is 51.4 Å². The smallest absolute Gasteiger partial charge is 1.00 e. The van der Waals surface area contributed by atoms with E-state index in [1.807, 2.05) is 20.8 Å². The van der Waals surface area contributed by atoms with Crippen molar-refractivity contribution in [3.05, 3.63) is 72.6 Å². The Bertz CT molecular complexity index is 1540. The number of aliphatic hydroxyl groups is 1. The van der Waals surface area contributed by atoms with Crippen molar-refractivity contribution in [3.63, 3.8) is 0 Å². The van der Waals surface area contributed by atoms with Crippen LogP contribution >= 0.6 is 0 Å². The van der Waals surface area contributed by atoms with Crippen LogP contribution < -0.4 is 70.3 Å². The van der Waals surface area contributed by atoms with Crippen molar-refractivity contribution in [2.24, 2.45) is 0 Å². The van der Waals surface area contributed by atoms with Gasteiger partial charge < -0.3 is 20.7 Å². The van der Waals surface area contributed by atoms with Crippen LogP contribution in [-0.4, -0.2) is 53.8 Å². The van der Waals surface area contributed by atoms with Crippen molar-refractivity contribution in [1.82, 2.24) is 19.9 Å². The van der Waals surface area contributed by atoms with Gasteiger partial charge in [-0.05, 0) is 41.3 Å². The second-order valence-electron chi connectivity index (χ2n) is 9.31. The molecule has 0 saturated carbocycles. The molecule has 2 N–H and O–H groups in total. The molecule has 0 bridgehead atoms. The number of benzene rings is 2. The van der Waals surface area contributed by atoms with Crippen LogP contribution in [0.15, 0.2) is 71.9 Å². The summed E-state index contributed by atoms with van der Waals surface area (Å²) in [4.78, 5) is 17.1. The predicted molar refractivity (Wildman–Crippen MR) is 146 cm³/mol. The second kappa shape index (κ2) is 13.8. The number of nitrogens with zero attached hydrogens (tertiary/aromatic N) is 4. The minimum Gasteiger partial charge on any atom is -1.00 e. The van der Waals surface area contributed by atoms with Crippen LogP contribution in [-0.2, 0) is 15.4 Å². The molecule has 0 aliphatic rings. The average molecular weight is 592 g/mol. The van der Waals surface area contributed by atoms with E-state index in [0.717, 1.165) is 5.56 Å². The Labute approximate surface area is 277 Å². The molecule has 0 radical (unpaired) electrons. The van der Waals surface area contributed by atoms with Crippen molar-refractivity contribution < 1.29 is 80.5 Å². The summed E-state index contributed by atoms with van der Waals surface area (Å²) in [5.41, 5.74) is 0.827. The van der Waals surface area contributed by atoms with E-state index < -0.39 is 10.0 Å². The van der Waals surface area contributed by atoms with Gasteiger partial charge in [-0.1, -0.05) is 45.0 Å². The summed E-state index contributed by atoms with van der Waals surface area (Å²) in [5, 5.41) is 9.40. The molecule has 40 heavy (non-hydrogen) atoms. The Hall–Kier alpha value is -2.65. The summed E-state index contributed by atoms with van der Waals surface area (Å²) >= 11 is 0. The quantitative estimate of drug-likeness (QED) is 0.259. The second-order valence-corrected chi connectivity index (χ2v) is 11.0. The van der Waals surface area contributed by atoms with Gasteiger partial charge in [-0.3, -0.25) is 4.72 Å². The Morgan fingerprint density at radius 1 is 0.925 bits per heavy atom. The first-order valence-electron chi connectivity index (χ1n) is 12.0. The molecule has 2 aromatic heterocycles. The topological polar surface area (TPSA) is 146 Å². The number of nitrogens with one attached hydrogen (secondary N) is 1. The van der Waals surface area contributed by atoms with E-state index in [2.05, 4.69) is 24.7 Å². The van der Waals surface area contributed by atoms with Crippen LogP contribution in [0.1, 0.15) is 27.8 Å². The number of anilines is 1. The van der Waals surface area contributed by atoms with Gasteiger partial charge in [-0.25, -0.2) is 23.4 Å². The SMILES string of the molecule is COc1ccccc1Oc1c(NS(=O)(=O)c2ccc(C(C)(C)C)cc2)nc(-c2ncccn2)nc1OCCO.[H-].[K+]. The fourth-order valence-electron chi connectivity index (χ4n) is 3.48. The number of hydrogen-bond donors (Lipinski definition) is 2. The van der Waals surface area contributed by atoms with Gasteiger partial charge in [0.1, 0.15) is 6.61 Å². The Kier molecular flexibility index (Phi) is 11.0. The van der Waals surface area contributed by atoms with E-state index in [9.17, 15) is 13.5 Å². The molecule has 13 heteroatoms. The third-order valence-corrected chi connectivity index (χ3v) is 6.83. The fraction of sp³-hybridized carbons (Fsp3) is 0.259. The molecule has 0 aliphatic carbocycles. The molecule has 4 rings (SSSR count). The normalized spacial score (nSPS) is 11.3. The van der Waals surface area contributed by atoms with Crippen LogP contribution in [0, 0.1) is 0 Å². The monoisotopic (exact) mass is 591 g/mol. The van der Waals surface area contributed by atoms with Crippen molar-refractivity contribution in [3.8, 4) is 34.8 Å². The standard InChI is InChI=1S/C27H29N5O6S.K.H/c1-27(2,3)18-10-12-19(13-11-18)39(34,35)32-23-22(38-21-9-6-5-8-20(21)36-4)26(37-17-16-33)31-25(30-23)24-28-14-7-15-29-24;;/h5-15,33H,16-17H2,1-4H3,(H,30,31,32);;/q;+1;-1. The molecule has 11 nitrogen and oxygen atoms in total. The summed E-state index contributed by atoms with van der Waals surface area (Å²) in [5.74, 6) is 0.271. The summed E-state index contributed by atoms with van der Waals surface area (Å²) in [6.45, 7) is 5.65. The molecule has 0 fully saturated rings. The largest absolute Gasteiger partial charge is 1.00 e. The molecular formula is C27H30KN5O6S. The van der Waals surface area contributed by atoms with Crippen molar-refractivity contribution >= 4 is 15.8 Å². The van der Waals surface area contributed by atoms with Crippen LogP contribution in [0.2, 0.25) is 0 Å². The van der Waals surface area contributed by atoms with Gasteiger partial charge in [-0.15, -0.1) is 0 Å². The molecule has 2 aromatic carbocycles. The molecular weight excluding hydrogens is 561 g/mol. The summed E-state index contributed by atoms with van der Waals surface area (Å²) in [6, 6.07) is 15.0. The van der Waals surface area contributed by atoms with Gasteiger partial charge in [-0.2, -0.15) is 4.98 Å². The van der Waals surface area contributed by atoms with Gasteiger partial charge in [0, 0.05) is 12.4 Å². The molecule has 0 saturated heterocycles. The fourth-order valence-corrected chi connectivity index (χ4v) is 4.48. The zero-order chi connectivity index (χ0) is 28.0. The maximum atomic E-state index is 13.5. The molecule has 206 valence electrons. The van der Waals surface area contributed by atoms with E-state index in [1.165, 1.54) is 31.6 Å². The predicted octanol–water partition coefficient (Wildman–Crippen LogP) is 1.32. The number of hydrogen-bond acceptors (Lipinski definition) is 10. The van der Waals surface area contributed by atoms with Gasteiger partial charge in [0.15, 0.2) is 23.1 Å². The van der Waals surface area contributed by atoms with E-state index in [1.54, 1.807) is 42.5 Å². The van der Waals surface area contributed by atoms with Gasteiger partial charge in [0.25, 0.3) is 15.9 Å². The van der Waals surface area contributed by atoms with E-state index in [-0.39, 0.29) is 111 Å². The Morgan fingerprint density at radius 2 is 1.57 bits per heavy atom. The number of aromatic nitrogens is 4. The van der Waals surface area contributed by atoms with Crippen molar-refractivity contribution in [2.45, 2.75) is 31.1 Å². The molecule has 0 aliphatic heterocycles. The summed E-state index contributed by atoms with van der Waals surface area (Å²) in [6.07, 6.45) is 3.00.